The van der Waals surface area contributed by atoms with Crippen LogP contribution in [0.2, 0.25) is 0 Å². The van der Waals surface area contributed by atoms with Crippen LogP contribution in [0.5, 0.6) is 0 Å². The number of rotatable bonds is 7. The lowest BCUT2D eigenvalue weighted by Gasteiger charge is -2.15. The first-order valence-electron chi connectivity index (χ1n) is 9.06. The highest BCUT2D eigenvalue weighted by atomic mass is 32.2. The maximum atomic E-state index is 13.2. The normalized spacial score (nSPS) is 18.7. The molecule has 4 nitrogen and oxygen atoms in total. The molecule has 0 aromatic heterocycles. The first-order chi connectivity index (χ1) is 13.2. The smallest absolute Gasteiger partial charge is 0.242 e. The van der Waals surface area contributed by atoms with Crippen LogP contribution < -0.4 is 0 Å². The third-order valence-electron chi connectivity index (χ3n) is 4.24. The Bertz CT molecular complexity index is 821. The topological polar surface area (TPSA) is 45.0 Å². The zero-order chi connectivity index (χ0) is 19.1. The van der Waals surface area contributed by atoms with E-state index in [0.29, 0.717) is 11.7 Å². The minimum atomic E-state index is -0.289. The van der Waals surface area contributed by atoms with Crippen LogP contribution in [-0.2, 0) is 11.3 Å². The molecule has 2 aromatic rings. The summed E-state index contributed by atoms with van der Waals surface area (Å²) in [5.74, 6) is -0.241. The van der Waals surface area contributed by atoms with Crippen molar-refractivity contribution < 1.29 is 9.18 Å². The molecule has 0 saturated carbocycles. The van der Waals surface area contributed by atoms with Crippen molar-refractivity contribution in [2.75, 3.05) is 0 Å². The molecule has 0 unspecified atom stereocenters. The van der Waals surface area contributed by atoms with Crippen LogP contribution in [0.1, 0.15) is 37.3 Å². The molecule has 0 bridgehead atoms. The molecule has 2 aromatic carbocycles. The Morgan fingerprint density at radius 1 is 1.15 bits per heavy atom. The van der Waals surface area contributed by atoms with E-state index in [0.717, 1.165) is 30.4 Å². The summed E-state index contributed by atoms with van der Waals surface area (Å²) < 4.78 is 13.2. The van der Waals surface area contributed by atoms with Gasteiger partial charge in [0.25, 0.3) is 0 Å². The van der Waals surface area contributed by atoms with E-state index in [-0.39, 0.29) is 17.0 Å². The average Bonchev–Trinajstić information content (AvgIpc) is 2.98. The van der Waals surface area contributed by atoms with Crippen molar-refractivity contribution in [3.05, 3.63) is 71.5 Å². The van der Waals surface area contributed by atoms with E-state index in [4.69, 9.17) is 0 Å². The van der Waals surface area contributed by atoms with Crippen molar-refractivity contribution in [1.82, 2.24) is 4.90 Å². The molecule has 1 atom stereocenters. The Morgan fingerprint density at radius 2 is 1.89 bits per heavy atom. The van der Waals surface area contributed by atoms with Crippen LogP contribution in [0.3, 0.4) is 0 Å². The second-order valence-electron chi connectivity index (χ2n) is 6.34. The Kier molecular flexibility index (Phi) is 6.76. The van der Waals surface area contributed by atoms with Crippen LogP contribution in [-0.4, -0.2) is 27.4 Å². The summed E-state index contributed by atoms with van der Waals surface area (Å²) in [6, 6.07) is 15.9. The number of nitrogens with zero attached hydrogens (tertiary/aromatic N) is 3. The van der Waals surface area contributed by atoms with Crippen LogP contribution in [0, 0.1) is 5.82 Å². The Hall–Kier alpha value is -2.47. The van der Waals surface area contributed by atoms with Crippen LogP contribution in [0.4, 0.5) is 4.39 Å². The van der Waals surface area contributed by atoms with Gasteiger partial charge in [0.2, 0.25) is 5.91 Å². The standard InChI is InChI=1S/C21H22FN3OS/c1-2-3-9-19-20(26)25(15-17-10-12-18(22)13-11-17)21(27-19)24-23-14-16-7-5-4-6-8-16/h4-8,10-14,19H,2-3,9,15H2,1H3/b23-14-,24-21+/t19-/m0/s1. The largest absolute Gasteiger partial charge is 0.284 e. The summed E-state index contributed by atoms with van der Waals surface area (Å²) in [6.07, 6.45) is 4.53. The van der Waals surface area contributed by atoms with Crippen LogP contribution >= 0.6 is 11.8 Å². The summed E-state index contributed by atoms with van der Waals surface area (Å²) >= 11 is 1.46. The van der Waals surface area contributed by atoms with Crippen molar-refractivity contribution in [3.63, 3.8) is 0 Å². The van der Waals surface area contributed by atoms with Crippen LogP contribution in [0.25, 0.3) is 0 Å². The summed E-state index contributed by atoms with van der Waals surface area (Å²) in [4.78, 5) is 14.5. The maximum absolute atomic E-state index is 13.2. The molecule has 1 aliphatic heterocycles. The molecular weight excluding hydrogens is 361 g/mol. The summed E-state index contributed by atoms with van der Waals surface area (Å²) in [5, 5.41) is 8.94. The molecule has 1 heterocycles. The van der Waals surface area contributed by atoms with Gasteiger partial charge in [-0.15, -0.1) is 5.10 Å². The molecule has 0 aliphatic carbocycles. The van der Waals surface area contributed by atoms with Gasteiger partial charge in [-0.25, -0.2) is 4.39 Å². The zero-order valence-electron chi connectivity index (χ0n) is 15.2. The predicted octanol–water partition coefficient (Wildman–Crippen LogP) is 4.85. The van der Waals surface area contributed by atoms with Gasteiger partial charge in [-0.2, -0.15) is 5.10 Å². The number of halogens is 1. The van der Waals surface area contributed by atoms with Gasteiger partial charge in [-0.1, -0.05) is 74.0 Å². The molecule has 27 heavy (non-hydrogen) atoms. The van der Waals surface area contributed by atoms with E-state index in [1.165, 1.54) is 23.9 Å². The number of unbranched alkanes of at least 4 members (excludes halogenated alkanes) is 1. The highest BCUT2D eigenvalue weighted by Gasteiger charge is 2.37. The molecule has 140 valence electrons. The fourth-order valence-electron chi connectivity index (χ4n) is 2.76. The molecule has 0 spiro atoms. The fourth-order valence-corrected chi connectivity index (χ4v) is 3.90. The number of hydrogen-bond donors (Lipinski definition) is 0. The van der Waals surface area contributed by atoms with Crippen molar-refractivity contribution >= 4 is 29.1 Å². The minimum absolute atomic E-state index is 0.0476. The number of amidine groups is 1. The molecule has 0 N–H and O–H groups in total. The lowest BCUT2D eigenvalue weighted by atomic mass is 10.1. The van der Waals surface area contributed by atoms with Gasteiger partial charge in [0.15, 0.2) is 5.17 Å². The minimum Gasteiger partial charge on any atom is -0.284 e. The first kappa shape index (κ1) is 19.3. The van der Waals surface area contributed by atoms with E-state index in [1.54, 1.807) is 23.2 Å². The van der Waals surface area contributed by atoms with Crippen LogP contribution in [0.15, 0.2) is 64.8 Å². The summed E-state index contributed by atoms with van der Waals surface area (Å²) in [5.41, 5.74) is 1.81. The van der Waals surface area contributed by atoms with Gasteiger partial charge in [-0.3, -0.25) is 9.69 Å². The fraction of sp³-hybridized carbons (Fsp3) is 0.286. The SMILES string of the molecule is CCCC[C@@H]1S/C(=N/N=C\c2ccccc2)N(Cc2ccc(F)cc2)C1=O. The van der Waals surface area contributed by atoms with Gasteiger partial charge >= 0.3 is 0 Å². The second kappa shape index (κ2) is 9.46. The Labute approximate surface area is 163 Å². The molecule has 3 rings (SSSR count). The second-order valence-corrected chi connectivity index (χ2v) is 7.51. The molecule has 0 radical (unpaired) electrons. The Balaban J connectivity index is 1.78. The van der Waals surface area contributed by atoms with E-state index >= 15 is 0 Å². The number of amides is 1. The summed E-state index contributed by atoms with van der Waals surface area (Å²) in [7, 11) is 0. The number of thioether (sulfide) groups is 1. The lowest BCUT2D eigenvalue weighted by Crippen LogP contribution is -2.31. The monoisotopic (exact) mass is 383 g/mol. The summed E-state index contributed by atoms with van der Waals surface area (Å²) in [6.45, 7) is 2.48. The highest BCUT2D eigenvalue weighted by molar-refractivity contribution is 8.15. The van der Waals surface area contributed by atoms with Gasteiger partial charge in [0, 0.05) is 0 Å². The zero-order valence-corrected chi connectivity index (χ0v) is 16.0. The first-order valence-corrected chi connectivity index (χ1v) is 9.94. The van der Waals surface area contributed by atoms with Gasteiger partial charge in [0.1, 0.15) is 5.82 Å². The number of benzene rings is 2. The molecular formula is C21H22FN3OS. The average molecular weight is 383 g/mol. The third kappa shape index (κ3) is 5.26. The molecule has 1 aliphatic rings. The number of hydrogen-bond acceptors (Lipinski definition) is 4. The molecule has 1 fully saturated rings. The number of carbonyl (C=O) groups excluding carboxylic acids is 1. The molecule has 6 heteroatoms. The van der Waals surface area contributed by atoms with E-state index in [2.05, 4.69) is 17.1 Å². The molecule has 1 amide bonds. The maximum Gasteiger partial charge on any atom is 0.242 e. The van der Waals surface area contributed by atoms with E-state index < -0.39 is 0 Å². The molecule has 1 saturated heterocycles. The van der Waals surface area contributed by atoms with Crippen molar-refractivity contribution in [3.8, 4) is 0 Å². The third-order valence-corrected chi connectivity index (χ3v) is 5.48. The van der Waals surface area contributed by atoms with Gasteiger partial charge in [-0.05, 0) is 29.7 Å². The number of carbonyl (C=O) groups is 1. The quantitative estimate of drug-likeness (QED) is 0.507. The van der Waals surface area contributed by atoms with Crippen molar-refractivity contribution in [2.45, 2.75) is 38.0 Å². The van der Waals surface area contributed by atoms with E-state index in [1.807, 2.05) is 30.3 Å². The van der Waals surface area contributed by atoms with E-state index in [9.17, 15) is 9.18 Å². The highest BCUT2D eigenvalue weighted by Crippen LogP contribution is 2.32. The van der Waals surface area contributed by atoms with Crippen molar-refractivity contribution in [2.24, 2.45) is 10.2 Å². The van der Waals surface area contributed by atoms with Gasteiger partial charge in [0.05, 0.1) is 18.0 Å². The van der Waals surface area contributed by atoms with Gasteiger partial charge < -0.3 is 0 Å². The Morgan fingerprint density at radius 3 is 2.59 bits per heavy atom. The lowest BCUT2D eigenvalue weighted by molar-refractivity contribution is -0.126. The van der Waals surface area contributed by atoms with Crippen molar-refractivity contribution in [1.29, 1.82) is 0 Å². The predicted molar refractivity (Wildman–Crippen MR) is 109 cm³/mol.